The molecular formula is C23H32N6O4. The van der Waals surface area contributed by atoms with Gasteiger partial charge in [0.1, 0.15) is 11.8 Å². The van der Waals surface area contributed by atoms with E-state index in [0.29, 0.717) is 36.1 Å². The van der Waals surface area contributed by atoms with Crippen LogP contribution in [-0.2, 0) is 4.74 Å². The maximum Gasteiger partial charge on any atom is 0.410 e. The van der Waals surface area contributed by atoms with Gasteiger partial charge < -0.3 is 19.5 Å². The first-order chi connectivity index (χ1) is 15.7. The van der Waals surface area contributed by atoms with Gasteiger partial charge >= 0.3 is 12.1 Å². The number of methoxy groups -OCH3 is 1. The van der Waals surface area contributed by atoms with Gasteiger partial charge in [-0.3, -0.25) is 4.90 Å². The van der Waals surface area contributed by atoms with Crippen LogP contribution >= 0.6 is 0 Å². The number of amides is 1. The van der Waals surface area contributed by atoms with Crippen molar-refractivity contribution in [1.29, 1.82) is 0 Å². The van der Waals surface area contributed by atoms with Crippen LogP contribution in [0.1, 0.15) is 58.2 Å². The molecule has 178 valence electrons. The lowest BCUT2D eigenvalue weighted by molar-refractivity contribution is -0.0519. The zero-order valence-electron chi connectivity index (χ0n) is 19.6. The number of aliphatic hydroxyl groups excluding tert-OH is 1. The molecule has 2 fully saturated rings. The molecule has 4 rings (SSSR count). The number of piperidine rings is 1. The minimum atomic E-state index is -0.795. The Hall–Kier alpha value is -2.85. The van der Waals surface area contributed by atoms with E-state index >= 15 is 0 Å². The number of rotatable bonds is 6. The van der Waals surface area contributed by atoms with Gasteiger partial charge in [0, 0.05) is 55.5 Å². The van der Waals surface area contributed by atoms with Crippen LogP contribution in [0.2, 0.25) is 0 Å². The van der Waals surface area contributed by atoms with E-state index in [1.807, 2.05) is 20.8 Å². The number of nitrogens with zero attached hydrogens (tertiary/aromatic N) is 6. The van der Waals surface area contributed by atoms with Crippen molar-refractivity contribution in [2.24, 2.45) is 0 Å². The second kappa shape index (κ2) is 9.56. The van der Waals surface area contributed by atoms with Crippen LogP contribution in [0, 0.1) is 0 Å². The van der Waals surface area contributed by atoms with Crippen molar-refractivity contribution in [1.82, 2.24) is 29.7 Å². The normalized spacial score (nSPS) is 18.3. The van der Waals surface area contributed by atoms with Crippen molar-refractivity contribution in [3.8, 4) is 17.4 Å². The summed E-state index contributed by atoms with van der Waals surface area (Å²) < 4.78 is 10.5. The Morgan fingerprint density at radius 2 is 1.61 bits per heavy atom. The Morgan fingerprint density at radius 1 is 1.03 bits per heavy atom. The summed E-state index contributed by atoms with van der Waals surface area (Å²) in [4.78, 5) is 33.3. The fourth-order valence-corrected chi connectivity index (χ4v) is 4.07. The predicted molar refractivity (Wildman–Crippen MR) is 120 cm³/mol. The lowest BCUT2D eigenvalue weighted by atomic mass is 10.0. The molecule has 1 amide bonds. The molecule has 1 aliphatic heterocycles. The number of aliphatic hydroxyl groups is 1. The molecule has 1 saturated heterocycles. The van der Waals surface area contributed by atoms with Gasteiger partial charge in [-0.1, -0.05) is 0 Å². The number of aromatic nitrogens is 4. The van der Waals surface area contributed by atoms with Crippen molar-refractivity contribution >= 4 is 6.09 Å². The average Bonchev–Trinajstić information content (AvgIpc) is 3.64. The second-order valence-electron chi connectivity index (χ2n) is 9.55. The first-order valence-corrected chi connectivity index (χ1v) is 11.4. The van der Waals surface area contributed by atoms with E-state index in [-0.39, 0.29) is 18.1 Å². The molecule has 0 radical (unpaired) electrons. The van der Waals surface area contributed by atoms with Crippen molar-refractivity contribution in [2.75, 3.05) is 20.2 Å². The summed E-state index contributed by atoms with van der Waals surface area (Å²) in [6.45, 7) is 6.85. The number of likely N-dealkylation sites (tertiary alicyclic amines) is 1. The summed E-state index contributed by atoms with van der Waals surface area (Å²) in [6, 6.07) is 0.803. The molecule has 1 unspecified atom stereocenters. The lowest BCUT2D eigenvalue weighted by Crippen LogP contribution is -2.49. The van der Waals surface area contributed by atoms with E-state index in [4.69, 9.17) is 9.47 Å². The molecule has 2 aromatic heterocycles. The maximum atomic E-state index is 12.4. The molecule has 0 aromatic carbocycles. The molecule has 1 N–H and O–H groups in total. The molecule has 3 heterocycles. The van der Waals surface area contributed by atoms with E-state index in [9.17, 15) is 9.90 Å². The van der Waals surface area contributed by atoms with Crippen LogP contribution in [0.25, 0.3) is 11.4 Å². The highest BCUT2D eigenvalue weighted by Gasteiger charge is 2.40. The number of ether oxygens (including phenoxy) is 2. The summed E-state index contributed by atoms with van der Waals surface area (Å²) in [5, 5.41) is 11.2. The molecule has 33 heavy (non-hydrogen) atoms. The molecule has 1 saturated carbocycles. The monoisotopic (exact) mass is 456 g/mol. The maximum absolute atomic E-state index is 12.4. The Morgan fingerprint density at radius 3 is 2.12 bits per heavy atom. The Balaban J connectivity index is 1.40. The van der Waals surface area contributed by atoms with Crippen LogP contribution in [0.4, 0.5) is 4.79 Å². The first kappa shape index (κ1) is 23.3. The van der Waals surface area contributed by atoms with E-state index in [1.54, 1.807) is 29.7 Å². The zero-order chi connectivity index (χ0) is 23.6. The van der Waals surface area contributed by atoms with E-state index in [2.05, 4.69) is 24.8 Å². The molecule has 1 aliphatic carbocycles. The van der Waals surface area contributed by atoms with Gasteiger partial charge in [-0.05, 0) is 46.5 Å². The van der Waals surface area contributed by atoms with E-state index < -0.39 is 11.8 Å². The molecule has 0 bridgehead atoms. The fourth-order valence-electron chi connectivity index (χ4n) is 4.07. The van der Waals surface area contributed by atoms with Crippen molar-refractivity contribution < 1.29 is 19.4 Å². The van der Waals surface area contributed by atoms with Crippen molar-refractivity contribution in [3.63, 3.8) is 0 Å². The number of carbonyl (C=O) groups is 1. The van der Waals surface area contributed by atoms with E-state index in [1.165, 1.54) is 7.11 Å². The SMILES string of the molecule is COc1ncc(-c2ncc(C(O)N(C3CC3)C3CCN(C(=O)OC(C)(C)C)CC3)cn2)cn1. The third-order valence-electron chi connectivity index (χ3n) is 5.83. The summed E-state index contributed by atoms with van der Waals surface area (Å²) >= 11 is 0. The summed E-state index contributed by atoms with van der Waals surface area (Å²) in [7, 11) is 1.51. The minimum Gasteiger partial charge on any atom is -0.467 e. The van der Waals surface area contributed by atoms with Crippen molar-refractivity contribution in [3.05, 3.63) is 30.4 Å². The summed E-state index contributed by atoms with van der Waals surface area (Å²) in [5.74, 6) is 0.484. The van der Waals surface area contributed by atoms with Gasteiger partial charge in [0.05, 0.1) is 12.7 Å². The van der Waals surface area contributed by atoms with Crippen LogP contribution in [0.15, 0.2) is 24.8 Å². The molecule has 2 aromatic rings. The predicted octanol–water partition coefficient (Wildman–Crippen LogP) is 2.80. The molecule has 0 spiro atoms. The second-order valence-corrected chi connectivity index (χ2v) is 9.55. The number of hydrogen-bond donors (Lipinski definition) is 1. The Labute approximate surface area is 194 Å². The highest BCUT2D eigenvalue weighted by Crippen LogP contribution is 2.37. The van der Waals surface area contributed by atoms with Gasteiger partial charge in [-0.2, -0.15) is 0 Å². The molecule has 10 nitrogen and oxygen atoms in total. The third kappa shape index (κ3) is 5.75. The van der Waals surface area contributed by atoms with Crippen molar-refractivity contribution in [2.45, 2.75) is 70.4 Å². The number of hydrogen-bond acceptors (Lipinski definition) is 9. The van der Waals surface area contributed by atoms with Gasteiger partial charge in [0.15, 0.2) is 5.82 Å². The lowest BCUT2D eigenvalue weighted by Gasteiger charge is -2.41. The van der Waals surface area contributed by atoms with Gasteiger partial charge in [-0.15, -0.1) is 0 Å². The fraction of sp³-hybridized carbons (Fsp3) is 0.609. The zero-order valence-corrected chi connectivity index (χ0v) is 19.6. The standard InChI is InChI=1S/C23H32N6O4/c1-23(2,3)33-22(31)28-9-7-18(8-10-28)29(17-5-6-17)20(30)16-13-24-19(25-14-16)15-11-26-21(32-4)27-12-15/h11-14,17-18,20,30H,5-10H2,1-4H3. The topological polar surface area (TPSA) is 114 Å². The van der Waals surface area contributed by atoms with Crippen LogP contribution in [0.5, 0.6) is 6.01 Å². The largest absolute Gasteiger partial charge is 0.467 e. The highest BCUT2D eigenvalue weighted by molar-refractivity contribution is 5.68. The first-order valence-electron chi connectivity index (χ1n) is 11.4. The number of carbonyl (C=O) groups excluding carboxylic acids is 1. The summed E-state index contributed by atoms with van der Waals surface area (Å²) in [6.07, 6.45) is 9.15. The summed E-state index contributed by atoms with van der Waals surface area (Å²) in [5.41, 5.74) is 0.814. The molecule has 1 atom stereocenters. The molecule has 2 aliphatic rings. The van der Waals surface area contributed by atoms with Crippen LogP contribution < -0.4 is 4.74 Å². The Kier molecular flexibility index (Phi) is 6.76. The van der Waals surface area contributed by atoms with Crippen LogP contribution in [-0.4, -0.2) is 78.8 Å². The minimum absolute atomic E-state index is 0.181. The van der Waals surface area contributed by atoms with Gasteiger partial charge in [0.2, 0.25) is 0 Å². The average molecular weight is 457 g/mol. The van der Waals surface area contributed by atoms with Crippen LogP contribution in [0.3, 0.4) is 0 Å². The quantitative estimate of drug-likeness (QED) is 0.655. The van der Waals surface area contributed by atoms with E-state index in [0.717, 1.165) is 25.7 Å². The smallest absolute Gasteiger partial charge is 0.410 e. The highest BCUT2D eigenvalue weighted by atomic mass is 16.6. The molecule has 10 heteroatoms. The Bertz CT molecular complexity index is 935. The van der Waals surface area contributed by atoms with Gasteiger partial charge in [0.25, 0.3) is 0 Å². The third-order valence-corrected chi connectivity index (χ3v) is 5.83. The van der Waals surface area contributed by atoms with Gasteiger partial charge in [-0.25, -0.2) is 24.7 Å². The molecular weight excluding hydrogens is 424 g/mol.